The van der Waals surface area contributed by atoms with Crippen LogP contribution >= 0.6 is 0 Å². The highest BCUT2D eigenvalue weighted by molar-refractivity contribution is 5.49. The van der Waals surface area contributed by atoms with Crippen LogP contribution in [0.25, 0.3) is 11.5 Å². The SMILES string of the molecule is O[C@@H](CCCCCCc1ccccc1)c1ncc(-c2ccccn2)o1. The van der Waals surface area contributed by atoms with Crippen LogP contribution in [0.3, 0.4) is 0 Å². The molecule has 3 aromatic rings. The number of aromatic nitrogens is 2. The molecule has 1 aromatic carbocycles. The number of benzene rings is 1. The van der Waals surface area contributed by atoms with E-state index < -0.39 is 6.10 Å². The van der Waals surface area contributed by atoms with Gasteiger partial charge in [-0.3, -0.25) is 4.98 Å². The van der Waals surface area contributed by atoms with Gasteiger partial charge in [-0.15, -0.1) is 0 Å². The van der Waals surface area contributed by atoms with Crippen LogP contribution in [0.2, 0.25) is 0 Å². The zero-order chi connectivity index (χ0) is 17.3. The second-order valence-corrected chi connectivity index (χ2v) is 6.23. The predicted octanol–water partition coefficient (Wildman–Crippen LogP) is 4.96. The third kappa shape index (κ3) is 5.26. The van der Waals surface area contributed by atoms with Gasteiger partial charge in [0, 0.05) is 6.20 Å². The summed E-state index contributed by atoms with van der Waals surface area (Å²) in [4.78, 5) is 8.42. The highest BCUT2D eigenvalue weighted by Crippen LogP contribution is 2.24. The van der Waals surface area contributed by atoms with Gasteiger partial charge in [-0.25, -0.2) is 4.98 Å². The number of hydrogen-bond donors (Lipinski definition) is 1. The summed E-state index contributed by atoms with van der Waals surface area (Å²) in [5, 5.41) is 10.2. The molecule has 0 saturated heterocycles. The molecule has 0 spiro atoms. The first-order valence-electron chi connectivity index (χ1n) is 8.92. The lowest BCUT2D eigenvalue weighted by Crippen LogP contribution is -1.97. The van der Waals surface area contributed by atoms with Gasteiger partial charge in [-0.2, -0.15) is 0 Å². The largest absolute Gasteiger partial charge is 0.436 e. The summed E-state index contributed by atoms with van der Waals surface area (Å²) in [7, 11) is 0. The number of nitrogens with zero attached hydrogens (tertiary/aromatic N) is 2. The quantitative estimate of drug-likeness (QED) is 0.561. The highest BCUT2D eigenvalue weighted by Gasteiger charge is 2.15. The molecule has 0 unspecified atom stereocenters. The Kier molecular flexibility index (Phi) is 6.35. The van der Waals surface area contributed by atoms with Gasteiger partial charge in [0.15, 0.2) is 5.76 Å². The number of unbranched alkanes of at least 4 members (excludes halogenated alkanes) is 3. The number of rotatable bonds is 9. The van der Waals surface area contributed by atoms with Gasteiger partial charge < -0.3 is 9.52 Å². The van der Waals surface area contributed by atoms with Crippen molar-refractivity contribution >= 4 is 0 Å². The van der Waals surface area contributed by atoms with Gasteiger partial charge in [-0.1, -0.05) is 55.7 Å². The Morgan fingerprint density at radius 2 is 1.68 bits per heavy atom. The van der Waals surface area contributed by atoms with Crippen LogP contribution in [0.15, 0.2) is 65.3 Å². The van der Waals surface area contributed by atoms with Crippen LogP contribution in [0.5, 0.6) is 0 Å². The first kappa shape index (κ1) is 17.4. The second-order valence-electron chi connectivity index (χ2n) is 6.23. The molecule has 0 amide bonds. The van der Waals surface area contributed by atoms with E-state index in [1.54, 1.807) is 12.4 Å². The molecule has 0 fully saturated rings. The Labute approximate surface area is 148 Å². The molecule has 3 rings (SSSR count). The monoisotopic (exact) mass is 336 g/mol. The number of aliphatic hydroxyl groups is 1. The molecule has 0 radical (unpaired) electrons. The topological polar surface area (TPSA) is 59.2 Å². The fourth-order valence-electron chi connectivity index (χ4n) is 2.86. The van der Waals surface area contributed by atoms with E-state index in [-0.39, 0.29) is 0 Å². The predicted molar refractivity (Wildman–Crippen MR) is 97.9 cm³/mol. The first-order chi connectivity index (χ1) is 12.3. The molecule has 0 saturated carbocycles. The number of aryl methyl sites for hydroxylation is 1. The molecule has 0 aliphatic rings. The fraction of sp³-hybridized carbons (Fsp3) is 0.333. The summed E-state index contributed by atoms with van der Waals surface area (Å²) >= 11 is 0. The average Bonchev–Trinajstić information content (AvgIpc) is 3.16. The summed E-state index contributed by atoms with van der Waals surface area (Å²) in [6.07, 6.45) is 8.92. The van der Waals surface area contributed by atoms with Crippen molar-refractivity contribution in [2.24, 2.45) is 0 Å². The minimum absolute atomic E-state index is 0.380. The number of pyridine rings is 1. The number of oxazole rings is 1. The highest BCUT2D eigenvalue weighted by atomic mass is 16.4. The van der Waals surface area contributed by atoms with Crippen molar-refractivity contribution in [1.82, 2.24) is 9.97 Å². The standard InChI is InChI=1S/C21H24N2O2/c24-19(14-7-2-1-4-10-17-11-5-3-6-12-17)21-23-16-20(25-21)18-13-8-9-15-22-18/h3,5-6,8-9,11-13,15-16,19,24H,1-2,4,7,10,14H2/t19-/m0/s1. The smallest absolute Gasteiger partial charge is 0.223 e. The normalized spacial score (nSPS) is 12.2. The Hall–Kier alpha value is -2.46. The van der Waals surface area contributed by atoms with Crippen molar-refractivity contribution < 1.29 is 9.52 Å². The lowest BCUT2D eigenvalue weighted by molar-refractivity contribution is 0.131. The van der Waals surface area contributed by atoms with Crippen molar-refractivity contribution in [3.8, 4) is 11.5 Å². The van der Waals surface area contributed by atoms with Crippen LogP contribution in [0.1, 0.15) is 49.7 Å². The van der Waals surface area contributed by atoms with Gasteiger partial charge in [0.25, 0.3) is 0 Å². The first-order valence-corrected chi connectivity index (χ1v) is 8.92. The molecule has 1 N–H and O–H groups in total. The van der Waals surface area contributed by atoms with Gasteiger partial charge >= 0.3 is 0 Å². The van der Waals surface area contributed by atoms with Crippen LogP contribution in [0.4, 0.5) is 0 Å². The molecular weight excluding hydrogens is 312 g/mol. The van der Waals surface area contributed by atoms with Gasteiger partial charge in [-0.05, 0) is 37.0 Å². The third-order valence-electron chi connectivity index (χ3n) is 4.26. The summed E-state index contributed by atoms with van der Waals surface area (Å²) in [6.45, 7) is 0. The summed E-state index contributed by atoms with van der Waals surface area (Å²) < 4.78 is 5.64. The molecule has 4 nitrogen and oxygen atoms in total. The minimum Gasteiger partial charge on any atom is -0.436 e. The molecular formula is C21H24N2O2. The third-order valence-corrected chi connectivity index (χ3v) is 4.26. The summed E-state index contributed by atoms with van der Waals surface area (Å²) in [6, 6.07) is 16.2. The van der Waals surface area contributed by atoms with Gasteiger partial charge in [0.05, 0.1) is 6.20 Å². The van der Waals surface area contributed by atoms with E-state index >= 15 is 0 Å². The molecule has 4 heteroatoms. The second kappa shape index (κ2) is 9.14. The Morgan fingerprint density at radius 1 is 0.880 bits per heavy atom. The molecule has 0 bridgehead atoms. The zero-order valence-corrected chi connectivity index (χ0v) is 14.3. The van der Waals surface area contributed by atoms with E-state index in [9.17, 15) is 5.11 Å². The van der Waals surface area contributed by atoms with E-state index in [0.717, 1.165) is 25.0 Å². The molecule has 2 aromatic heterocycles. The van der Waals surface area contributed by atoms with Crippen LogP contribution < -0.4 is 0 Å². The van der Waals surface area contributed by atoms with E-state index in [1.807, 2.05) is 24.3 Å². The Morgan fingerprint density at radius 3 is 2.48 bits per heavy atom. The van der Waals surface area contributed by atoms with Crippen LogP contribution in [-0.4, -0.2) is 15.1 Å². The Bertz CT molecular complexity index is 741. The van der Waals surface area contributed by atoms with Gasteiger partial charge in [0.1, 0.15) is 11.8 Å². The zero-order valence-electron chi connectivity index (χ0n) is 14.3. The maximum atomic E-state index is 10.2. The van der Waals surface area contributed by atoms with Crippen molar-refractivity contribution in [2.45, 2.75) is 44.6 Å². The molecule has 25 heavy (non-hydrogen) atoms. The average molecular weight is 336 g/mol. The molecule has 0 aliphatic heterocycles. The minimum atomic E-state index is -0.647. The van der Waals surface area contributed by atoms with E-state index in [2.05, 4.69) is 34.2 Å². The van der Waals surface area contributed by atoms with Crippen LogP contribution in [-0.2, 0) is 6.42 Å². The number of hydrogen-bond acceptors (Lipinski definition) is 4. The molecule has 2 heterocycles. The summed E-state index contributed by atoms with van der Waals surface area (Å²) in [5.41, 5.74) is 2.12. The van der Waals surface area contributed by atoms with Gasteiger partial charge in [0.2, 0.25) is 5.89 Å². The maximum Gasteiger partial charge on any atom is 0.223 e. The lowest BCUT2D eigenvalue weighted by Gasteiger charge is -2.06. The fourth-order valence-corrected chi connectivity index (χ4v) is 2.86. The molecule has 130 valence electrons. The van der Waals surface area contributed by atoms with Crippen LogP contribution in [0, 0.1) is 0 Å². The van der Waals surface area contributed by atoms with E-state index in [4.69, 9.17) is 4.42 Å². The van der Waals surface area contributed by atoms with Crippen molar-refractivity contribution in [1.29, 1.82) is 0 Å². The molecule has 1 atom stereocenters. The van der Waals surface area contributed by atoms with Crippen molar-refractivity contribution in [3.05, 3.63) is 72.4 Å². The van der Waals surface area contributed by atoms with Crippen molar-refractivity contribution in [3.63, 3.8) is 0 Å². The maximum absolute atomic E-state index is 10.2. The van der Waals surface area contributed by atoms with Crippen molar-refractivity contribution in [2.75, 3.05) is 0 Å². The summed E-state index contributed by atoms with van der Waals surface area (Å²) in [5.74, 6) is 0.974. The van der Waals surface area contributed by atoms with E-state index in [0.29, 0.717) is 18.1 Å². The Balaban J connectivity index is 1.37. The molecule has 0 aliphatic carbocycles. The lowest BCUT2D eigenvalue weighted by atomic mass is 10.0. The number of aliphatic hydroxyl groups excluding tert-OH is 1. The van der Waals surface area contributed by atoms with E-state index in [1.165, 1.54) is 18.4 Å².